The van der Waals surface area contributed by atoms with Gasteiger partial charge in [0.15, 0.2) is 0 Å². The molecular weight excluding hydrogens is 274 g/mol. The summed E-state index contributed by atoms with van der Waals surface area (Å²) < 4.78 is 5.57. The van der Waals surface area contributed by atoms with Crippen LogP contribution in [0.3, 0.4) is 0 Å². The lowest BCUT2D eigenvalue weighted by atomic mass is 10.1. The second-order valence-electron chi connectivity index (χ2n) is 6.42. The van der Waals surface area contributed by atoms with E-state index in [2.05, 4.69) is 19.2 Å². The summed E-state index contributed by atoms with van der Waals surface area (Å²) >= 11 is 5.96. The first-order valence-electron chi connectivity index (χ1n) is 7.16. The van der Waals surface area contributed by atoms with Crippen LogP contribution in [0.2, 0.25) is 5.02 Å². The van der Waals surface area contributed by atoms with Gasteiger partial charge in [-0.15, -0.1) is 0 Å². The van der Waals surface area contributed by atoms with E-state index in [0.717, 1.165) is 28.8 Å². The Kier molecular flexibility index (Phi) is 4.95. The zero-order chi connectivity index (χ0) is 14.8. The zero-order valence-corrected chi connectivity index (χ0v) is 13.2. The molecule has 1 fully saturated rings. The van der Waals surface area contributed by atoms with Crippen LogP contribution in [-0.2, 0) is 0 Å². The van der Waals surface area contributed by atoms with E-state index in [4.69, 9.17) is 16.3 Å². The SMILES string of the molecule is Cc1cc(OCC(O)CNCC2CC2(C)C)ccc1Cl. The van der Waals surface area contributed by atoms with Gasteiger partial charge in [-0.25, -0.2) is 0 Å². The van der Waals surface area contributed by atoms with E-state index < -0.39 is 6.10 Å². The van der Waals surface area contributed by atoms with Crippen molar-refractivity contribution in [1.29, 1.82) is 0 Å². The summed E-state index contributed by atoms with van der Waals surface area (Å²) in [4.78, 5) is 0. The van der Waals surface area contributed by atoms with Gasteiger partial charge in [0, 0.05) is 11.6 Å². The first-order valence-corrected chi connectivity index (χ1v) is 7.54. The Morgan fingerprint density at radius 3 is 2.80 bits per heavy atom. The summed E-state index contributed by atoms with van der Waals surface area (Å²) in [5.74, 6) is 1.49. The molecule has 1 aliphatic carbocycles. The fourth-order valence-corrected chi connectivity index (χ4v) is 2.42. The number of aliphatic hydroxyl groups excluding tert-OH is 1. The standard InChI is InChI=1S/C16H24ClNO2/c1-11-6-14(4-5-15(11)17)20-10-13(19)9-18-8-12-7-16(12,2)3/h4-6,12-13,18-19H,7-10H2,1-3H3. The van der Waals surface area contributed by atoms with E-state index in [1.807, 2.05) is 25.1 Å². The molecule has 0 radical (unpaired) electrons. The molecule has 0 amide bonds. The average Bonchev–Trinajstić information content (AvgIpc) is 2.98. The van der Waals surface area contributed by atoms with Crippen molar-refractivity contribution in [1.82, 2.24) is 5.32 Å². The molecule has 1 saturated carbocycles. The zero-order valence-electron chi connectivity index (χ0n) is 12.4. The first-order chi connectivity index (χ1) is 9.38. The Morgan fingerprint density at radius 1 is 1.50 bits per heavy atom. The van der Waals surface area contributed by atoms with Crippen LogP contribution in [0.25, 0.3) is 0 Å². The summed E-state index contributed by atoms with van der Waals surface area (Å²) in [5, 5.41) is 13.9. The lowest BCUT2D eigenvalue weighted by Crippen LogP contribution is -2.33. The molecular formula is C16H24ClNO2. The third-order valence-electron chi connectivity index (χ3n) is 4.06. The van der Waals surface area contributed by atoms with Crippen molar-refractivity contribution in [2.45, 2.75) is 33.3 Å². The lowest BCUT2D eigenvalue weighted by molar-refractivity contribution is 0.106. The maximum atomic E-state index is 9.88. The second-order valence-corrected chi connectivity index (χ2v) is 6.83. The fraction of sp³-hybridized carbons (Fsp3) is 0.625. The molecule has 2 atom stereocenters. The molecule has 0 bridgehead atoms. The minimum Gasteiger partial charge on any atom is -0.491 e. The minimum absolute atomic E-state index is 0.294. The van der Waals surface area contributed by atoms with E-state index >= 15 is 0 Å². The second kappa shape index (κ2) is 6.33. The molecule has 1 aromatic rings. The number of ether oxygens (including phenoxy) is 1. The summed E-state index contributed by atoms with van der Waals surface area (Å²) in [5.41, 5.74) is 1.46. The van der Waals surface area contributed by atoms with Gasteiger partial charge < -0.3 is 15.2 Å². The van der Waals surface area contributed by atoms with Crippen molar-refractivity contribution in [2.24, 2.45) is 11.3 Å². The van der Waals surface area contributed by atoms with Crippen LogP contribution < -0.4 is 10.1 Å². The highest BCUT2D eigenvalue weighted by molar-refractivity contribution is 6.31. The quantitative estimate of drug-likeness (QED) is 0.813. The molecule has 0 heterocycles. The maximum absolute atomic E-state index is 9.88. The third-order valence-corrected chi connectivity index (χ3v) is 4.48. The Labute approximate surface area is 126 Å². The molecule has 2 unspecified atom stereocenters. The van der Waals surface area contributed by atoms with E-state index in [9.17, 15) is 5.11 Å². The van der Waals surface area contributed by atoms with Crippen LogP contribution >= 0.6 is 11.6 Å². The topological polar surface area (TPSA) is 41.5 Å². The predicted octanol–water partition coefficient (Wildman–Crippen LogP) is 3.02. The number of aryl methyl sites for hydroxylation is 1. The molecule has 0 saturated heterocycles. The van der Waals surface area contributed by atoms with Crippen molar-refractivity contribution in [3.63, 3.8) is 0 Å². The van der Waals surface area contributed by atoms with E-state index in [1.165, 1.54) is 6.42 Å². The average molecular weight is 298 g/mol. The number of nitrogens with one attached hydrogen (secondary N) is 1. The molecule has 1 aromatic carbocycles. The number of aliphatic hydroxyl groups is 1. The minimum atomic E-state index is -0.493. The Morgan fingerprint density at radius 2 is 2.20 bits per heavy atom. The fourth-order valence-electron chi connectivity index (χ4n) is 2.31. The first kappa shape index (κ1) is 15.6. The smallest absolute Gasteiger partial charge is 0.119 e. The molecule has 0 aromatic heterocycles. The normalized spacial score (nSPS) is 21.6. The lowest BCUT2D eigenvalue weighted by Gasteiger charge is -2.14. The summed E-state index contributed by atoms with van der Waals surface area (Å²) in [6.45, 7) is 8.33. The van der Waals surface area contributed by atoms with Crippen LogP contribution in [0.5, 0.6) is 5.75 Å². The van der Waals surface area contributed by atoms with Crippen LogP contribution in [0.1, 0.15) is 25.8 Å². The van der Waals surface area contributed by atoms with E-state index in [1.54, 1.807) is 0 Å². The van der Waals surface area contributed by atoms with Crippen molar-refractivity contribution in [2.75, 3.05) is 19.7 Å². The van der Waals surface area contributed by atoms with Gasteiger partial charge in [0.1, 0.15) is 18.5 Å². The van der Waals surface area contributed by atoms with Crippen molar-refractivity contribution < 1.29 is 9.84 Å². The number of hydrogen-bond acceptors (Lipinski definition) is 3. The van der Waals surface area contributed by atoms with Crippen LogP contribution in [0, 0.1) is 18.3 Å². The number of halogens is 1. The Balaban J connectivity index is 1.64. The molecule has 2 N–H and O–H groups in total. The largest absolute Gasteiger partial charge is 0.491 e. The van der Waals surface area contributed by atoms with E-state index in [0.29, 0.717) is 18.6 Å². The van der Waals surface area contributed by atoms with Crippen LogP contribution in [0.15, 0.2) is 18.2 Å². The predicted molar refractivity (Wildman–Crippen MR) is 82.4 cm³/mol. The van der Waals surface area contributed by atoms with Gasteiger partial charge in [-0.05, 0) is 55.0 Å². The molecule has 4 heteroatoms. The van der Waals surface area contributed by atoms with Gasteiger partial charge in [0.05, 0.1) is 0 Å². The van der Waals surface area contributed by atoms with Gasteiger partial charge in [0.25, 0.3) is 0 Å². The van der Waals surface area contributed by atoms with Crippen molar-refractivity contribution >= 4 is 11.6 Å². The van der Waals surface area contributed by atoms with Gasteiger partial charge in [-0.1, -0.05) is 25.4 Å². The van der Waals surface area contributed by atoms with Gasteiger partial charge in [0.2, 0.25) is 0 Å². The molecule has 20 heavy (non-hydrogen) atoms. The highest BCUT2D eigenvalue weighted by atomic mass is 35.5. The molecule has 3 nitrogen and oxygen atoms in total. The highest BCUT2D eigenvalue weighted by Gasteiger charge is 2.44. The number of rotatable bonds is 7. The van der Waals surface area contributed by atoms with Crippen LogP contribution in [0.4, 0.5) is 0 Å². The van der Waals surface area contributed by atoms with Gasteiger partial charge >= 0.3 is 0 Å². The number of benzene rings is 1. The molecule has 112 valence electrons. The Bertz CT molecular complexity index is 462. The maximum Gasteiger partial charge on any atom is 0.119 e. The Hall–Kier alpha value is -0.770. The highest BCUT2D eigenvalue weighted by Crippen LogP contribution is 2.50. The summed E-state index contributed by atoms with van der Waals surface area (Å²) in [6, 6.07) is 5.52. The van der Waals surface area contributed by atoms with E-state index in [-0.39, 0.29) is 0 Å². The number of hydrogen-bond donors (Lipinski definition) is 2. The molecule has 1 aliphatic rings. The van der Waals surface area contributed by atoms with Crippen LogP contribution in [-0.4, -0.2) is 30.9 Å². The van der Waals surface area contributed by atoms with Gasteiger partial charge in [-0.2, -0.15) is 0 Å². The molecule has 0 aliphatic heterocycles. The summed E-state index contributed by atoms with van der Waals surface area (Å²) in [7, 11) is 0. The monoisotopic (exact) mass is 297 g/mol. The van der Waals surface area contributed by atoms with Gasteiger partial charge in [-0.3, -0.25) is 0 Å². The van der Waals surface area contributed by atoms with Crippen molar-refractivity contribution in [3.05, 3.63) is 28.8 Å². The molecule has 0 spiro atoms. The summed E-state index contributed by atoms with van der Waals surface area (Å²) in [6.07, 6.45) is 0.782. The molecule has 2 rings (SSSR count). The van der Waals surface area contributed by atoms with Crippen molar-refractivity contribution in [3.8, 4) is 5.75 Å². The third kappa shape index (κ3) is 4.37.